The van der Waals surface area contributed by atoms with Crippen LogP contribution in [0.5, 0.6) is 0 Å². The van der Waals surface area contributed by atoms with E-state index in [0.29, 0.717) is 25.0 Å². The van der Waals surface area contributed by atoms with E-state index in [1.807, 2.05) is 0 Å². The molecule has 6 nitrogen and oxygen atoms in total. The second kappa shape index (κ2) is 5.81. The van der Waals surface area contributed by atoms with Crippen LogP contribution in [0.15, 0.2) is 16.7 Å². The predicted octanol–water partition coefficient (Wildman–Crippen LogP) is 2.48. The molecule has 9 heteroatoms. The number of carbonyl (C=O) groups excluding carboxylic acids is 2. The van der Waals surface area contributed by atoms with Crippen molar-refractivity contribution in [3.05, 3.63) is 40.6 Å². The minimum absolute atomic E-state index is 0.118. The molecule has 0 atom stereocenters. The van der Waals surface area contributed by atoms with Gasteiger partial charge in [0.2, 0.25) is 0 Å². The summed E-state index contributed by atoms with van der Waals surface area (Å²) in [6, 6.07) is 0.871. The number of aryl methyl sites for hydroxylation is 2. The van der Waals surface area contributed by atoms with Gasteiger partial charge in [0.15, 0.2) is 11.5 Å². The summed E-state index contributed by atoms with van der Waals surface area (Å²) in [5.74, 6) is -0.239. The van der Waals surface area contributed by atoms with E-state index in [1.165, 1.54) is 13.3 Å². The highest BCUT2D eigenvalue weighted by molar-refractivity contribution is 6.09. The Balaban J connectivity index is 1.74. The Morgan fingerprint density at radius 3 is 2.83 bits per heavy atom. The molecule has 0 radical (unpaired) electrons. The molecular weight excluding hydrogens is 327 g/mol. The normalized spacial score (nSPS) is 14.6. The van der Waals surface area contributed by atoms with Crippen LogP contribution in [0, 0.1) is 0 Å². The molecule has 1 aliphatic carbocycles. The average Bonchev–Trinajstić information content (AvgIpc) is 3.09. The summed E-state index contributed by atoms with van der Waals surface area (Å²) in [6.45, 7) is -0.146. The lowest BCUT2D eigenvalue weighted by atomic mass is 9.94. The lowest BCUT2D eigenvalue weighted by molar-refractivity contribution is -0.141. The van der Waals surface area contributed by atoms with Gasteiger partial charge < -0.3 is 9.73 Å². The largest absolute Gasteiger partial charge is 0.468 e. The van der Waals surface area contributed by atoms with Gasteiger partial charge in [-0.25, -0.2) is 0 Å². The summed E-state index contributed by atoms with van der Waals surface area (Å²) in [6.07, 6.45) is -1.71. The molecule has 0 saturated heterocycles. The zero-order valence-corrected chi connectivity index (χ0v) is 12.7. The number of nitrogens with zero attached hydrogens (tertiary/aromatic N) is 2. The van der Waals surface area contributed by atoms with E-state index in [9.17, 15) is 22.8 Å². The summed E-state index contributed by atoms with van der Waals surface area (Å²) in [5, 5.41) is 5.87. The Hall–Kier alpha value is -2.58. The smallest absolute Gasteiger partial charge is 0.435 e. The van der Waals surface area contributed by atoms with Crippen LogP contribution < -0.4 is 5.32 Å². The number of hydrogen-bond donors (Lipinski definition) is 1. The highest BCUT2D eigenvalue weighted by atomic mass is 19.4. The maximum Gasteiger partial charge on any atom is 0.435 e. The highest BCUT2D eigenvalue weighted by Gasteiger charge is 2.34. The number of aromatic nitrogens is 2. The van der Waals surface area contributed by atoms with Crippen molar-refractivity contribution in [3.8, 4) is 0 Å². The number of carbonyl (C=O) groups is 2. The Morgan fingerprint density at radius 2 is 2.17 bits per heavy atom. The number of ketones is 1. The van der Waals surface area contributed by atoms with Crippen LogP contribution in [-0.4, -0.2) is 21.5 Å². The van der Waals surface area contributed by atoms with Crippen LogP contribution in [0.3, 0.4) is 0 Å². The van der Waals surface area contributed by atoms with Crippen LogP contribution in [0.4, 0.5) is 13.2 Å². The van der Waals surface area contributed by atoms with Crippen molar-refractivity contribution in [1.82, 2.24) is 15.1 Å². The van der Waals surface area contributed by atoms with Gasteiger partial charge in [0.05, 0.1) is 23.4 Å². The second-order valence-corrected chi connectivity index (χ2v) is 5.55. The first-order valence-electron chi connectivity index (χ1n) is 7.29. The minimum atomic E-state index is -4.55. The van der Waals surface area contributed by atoms with Gasteiger partial charge in [0.1, 0.15) is 12.0 Å². The third-order valence-electron chi connectivity index (χ3n) is 3.90. The molecule has 2 heterocycles. The fourth-order valence-corrected chi connectivity index (χ4v) is 2.67. The Labute approximate surface area is 134 Å². The number of alkyl halides is 3. The maximum absolute atomic E-state index is 12.6. The van der Waals surface area contributed by atoms with Crippen molar-refractivity contribution in [3.63, 3.8) is 0 Å². The third kappa shape index (κ3) is 2.93. The number of Topliss-reactive ketones (excluding diaryl/α,β-unsaturated/α-hetero) is 1. The van der Waals surface area contributed by atoms with Gasteiger partial charge in [-0.15, -0.1) is 0 Å². The van der Waals surface area contributed by atoms with Crippen molar-refractivity contribution >= 4 is 11.7 Å². The van der Waals surface area contributed by atoms with Gasteiger partial charge in [-0.3, -0.25) is 14.3 Å². The summed E-state index contributed by atoms with van der Waals surface area (Å²) >= 11 is 0. The number of amides is 1. The first-order chi connectivity index (χ1) is 11.3. The number of fused-ring (bicyclic) bond motifs is 1. The average molecular weight is 341 g/mol. The van der Waals surface area contributed by atoms with Crippen LogP contribution in [0.25, 0.3) is 0 Å². The molecule has 0 fully saturated rings. The zero-order valence-electron chi connectivity index (χ0n) is 12.7. The quantitative estimate of drug-likeness (QED) is 0.930. The second-order valence-electron chi connectivity index (χ2n) is 5.55. The number of nitrogens with one attached hydrogen (secondary N) is 1. The van der Waals surface area contributed by atoms with Crippen molar-refractivity contribution in [2.75, 3.05) is 0 Å². The SMILES string of the molecule is Cn1nc(C(F)(F)F)cc1CNC(=O)c1coc2c1C(=O)CCC2. The van der Waals surface area contributed by atoms with Crippen molar-refractivity contribution < 1.29 is 27.2 Å². The molecule has 0 saturated carbocycles. The third-order valence-corrected chi connectivity index (χ3v) is 3.90. The van der Waals surface area contributed by atoms with Crippen LogP contribution in [-0.2, 0) is 26.2 Å². The van der Waals surface area contributed by atoms with Crippen LogP contribution >= 0.6 is 0 Å². The lowest BCUT2D eigenvalue weighted by Gasteiger charge is -2.10. The van der Waals surface area contributed by atoms with Gasteiger partial charge >= 0.3 is 6.18 Å². The Bertz CT molecular complexity index is 805. The number of hydrogen-bond acceptors (Lipinski definition) is 4. The van der Waals surface area contributed by atoms with Gasteiger partial charge in [0.25, 0.3) is 5.91 Å². The van der Waals surface area contributed by atoms with Crippen molar-refractivity contribution in [2.24, 2.45) is 7.05 Å². The molecule has 2 aromatic rings. The van der Waals surface area contributed by atoms with Gasteiger partial charge in [-0.1, -0.05) is 0 Å². The summed E-state index contributed by atoms with van der Waals surface area (Å²) in [4.78, 5) is 24.2. The Morgan fingerprint density at radius 1 is 1.42 bits per heavy atom. The molecule has 0 spiro atoms. The predicted molar refractivity (Wildman–Crippen MR) is 75.4 cm³/mol. The molecule has 0 unspecified atom stereocenters. The van der Waals surface area contributed by atoms with Gasteiger partial charge in [-0.05, 0) is 12.5 Å². The molecule has 0 bridgehead atoms. The molecule has 0 aromatic carbocycles. The van der Waals surface area contributed by atoms with E-state index >= 15 is 0 Å². The van der Waals surface area contributed by atoms with Gasteiger partial charge in [-0.2, -0.15) is 18.3 Å². The van der Waals surface area contributed by atoms with E-state index in [0.717, 1.165) is 10.7 Å². The van der Waals surface area contributed by atoms with E-state index in [4.69, 9.17) is 4.42 Å². The summed E-state index contributed by atoms with van der Waals surface area (Å²) < 4.78 is 44.2. The Kier molecular flexibility index (Phi) is 3.94. The molecule has 2 aromatic heterocycles. The van der Waals surface area contributed by atoms with E-state index in [2.05, 4.69) is 10.4 Å². The number of rotatable bonds is 3. The summed E-state index contributed by atoms with van der Waals surface area (Å²) in [5.41, 5.74) is -0.433. The highest BCUT2D eigenvalue weighted by Crippen LogP contribution is 2.29. The first-order valence-corrected chi connectivity index (χ1v) is 7.29. The molecular formula is C15H14F3N3O3. The molecule has 24 heavy (non-hydrogen) atoms. The van der Waals surface area contributed by atoms with Gasteiger partial charge in [0, 0.05) is 19.9 Å². The number of halogens is 3. The molecule has 3 rings (SSSR count). The molecule has 0 aliphatic heterocycles. The van der Waals surface area contributed by atoms with E-state index in [1.54, 1.807) is 0 Å². The minimum Gasteiger partial charge on any atom is -0.468 e. The molecule has 1 amide bonds. The molecule has 1 aliphatic rings. The monoisotopic (exact) mass is 341 g/mol. The van der Waals surface area contributed by atoms with Crippen LogP contribution in [0.1, 0.15) is 50.7 Å². The fraction of sp³-hybridized carbons (Fsp3) is 0.400. The van der Waals surface area contributed by atoms with Crippen molar-refractivity contribution in [1.29, 1.82) is 0 Å². The molecule has 1 N–H and O–H groups in total. The topological polar surface area (TPSA) is 77.1 Å². The summed E-state index contributed by atoms with van der Waals surface area (Å²) in [7, 11) is 1.36. The molecule has 128 valence electrons. The van der Waals surface area contributed by atoms with E-state index in [-0.39, 0.29) is 29.1 Å². The zero-order chi connectivity index (χ0) is 17.5. The number of furan rings is 1. The van der Waals surface area contributed by atoms with E-state index < -0.39 is 17.8 Å². The maximum atomic E-state index is 12.6. The first kappa shape index (κ1) is 16.3. The van der Waals surface area contributed by atoms with Crippen molar-refractivity contribution in [2.45, 2.75) is 32.0 Å². The standard InChI is InChI=1S/C15H14F3N3O3/c1-21-8(5-12(20-21)15(16,17)18)6-19-14(23)9-7-24-11-4-2-3-10(22)13(9)11/h5,7H,2-4,6H2,1H3,(H,19,23). The fourth-order valence-electron chi connectivity index (χ4n) is 2.67. The van der Waals surface area contributed by atoms with Crippen LogP contribution in [0.2, 0.25) is 0 Å². The lowest BCUT2D eigenvalue weighted by Crippen LogP contribution is -2.26.